The summed E-state index contributed by atoms with van der Waals surface area (Å²) in [4.78, 5) is 48.8. The van der Waals surface area contributed by atoms with Crippen molar-refractivity contribution in [3.8, 4) is 0 Å². The molecule has 0 aromatic rings. The lowest BCUT2D eigenvalue weighted by atomic mass is 10.1. The first-order chi connectivity index (χ1) is 11.2. The molecule has 0 aromatic carbocycles. The van der Waals surface area contributed by atoms with E-state index < -0.39 is 47.5 Å². The van der Waals surface area contributed by atoms with Gasteiger partial charge >= 0.3 is 11.9 Å². The monoisotopic (exact) mass is 356 g/mol. The molecule has 8 nitrogen and oxygen atoms in total. The fourth-order valence-corrected chi connectivity index (χ4v) is 2.44. The fourth-order valence-electron chi connectivity index (χ4n) is 2.44. The summed E-state index contributed by atoms with van der Waals surface area (Å²) < 4.78 is 10.5. The molecule has 1 fully saturated rings. The van der Waals surface area contributed by atoms with Crippen LogP contribution in [0.25, 0.3) is 0 Å². The summed E-state index contributed by atoms with van der Waals surface area (Å²) in [5, 5.41) is 1.98. The van der Waals surface area contributed by atoms with Crippen LogP contribution in [0.15, 0.2) is 0 Å². The number of amides is 2. The Labute approximate surface area is 148 Å². The van der Waals surface area contributed by atoms with Crippen molar-refractivity contribution in [3.63, 3.8) is 0 Å². The van der Waals surface area contributed by atoms with E-state index in [-0.39, 0.29) is 12.8 Å². The van der Waals surface area contributed by atoms with E-state index in [9.17, 15) is 19.2 Å². The molecule has 1 rings (SSSR count). The van der Waals surface area contributed by atoms with Crippen molar-refractivity contribution >= 4 is 23.8 Å². The molecule has 1 aliphatic rings. The van der Waals surface area contributed by atoms with Crippen molar-refractivity contribution in [3.05, 3.63) is 0 Å². The molecule has 0 bridgehead atoms. The second-order valence-corrected chi connectivity index (χ2v) is 7.99. The largest absolute Gasteiger partial charge is 0.459 e. The van der Waals surface area contributed by atoms with Gasteiger partial charge in [-0.3, -0.25) is 14.4 Å². The van der Waals surface area contributed by atoms with E-state index in [1.165, 1.54) is 6.92 Å². The number of hydrazine groups is 1. The van der Waals surface area contributed by atoms with Crippen molar-refractivity contribution in [2.45, 2.75) is 78.6 Å². The minimum Gasteiger partial charge on any atom is -0.459 e. The summed E-state index contributed by atoms with van der Waals surface area (Å²) in [6.07, 6.45) is 0.189. The number of hydrogen-bond donors (Lipinski definition) is 0. The molecule has 0 saturated carbocycles. The highest BCUT2D eigenvalue weighted by Gasteiger charge is 2.42. The summed E-state index contributed by atoms with van der Waals surface area (Å²) in [5.74, 6) is -2.20. The van der Waals surface area contributed by atoms with Gasteiger partial charge in [0, 0.05) is 13.3 Å². The Bertz CT molecular complexity index is 558. The Hall–Kier alpha value is -2.12. The zero-order chi connectivity index (χ0) is 19.6. The Balaban J connectivity index is 3.01. The summed E-state index contributed by atoms with van der Waals surface area (Å²) >= 11 is 0. The molecule has 1 unspecified atom stereocenters. The number of carbonyl (C=O) groups is 4. The Morgan fingerprint density at radius 3 is 2.00 bits per heavy atom. The zero-order valence-electron chi connectivity index (χ0n) is 16.0. The number of hydrogen-bond acceptors (Lipinski definition) is 6. The second-order valence-electron chi connectivity index (χ2n) is 7.99. The van der Waals surface area contributed by atoms with Crippen LogP contribution in [0, 0.1) is 0 Å². The van der Waals surface area contributed by atoms with Crippen molar-refractivity contribution in [2.24, 2.45) is 0 Å². The highest BCUT2D eigenvalue weighted by Crippen LogP contribution is 2.23. The lowest BCUT2D eigenvalue weighted by Gasteiger charge is -2.42. The average molecular weight is 356 g/mol. The summed E-state index contributed by atoms with van der Waals surface area (Å²) in [6.45, 7) is 11.1. The van der Waals surface area contributed by atoms with E-state index in [1.807, 2.05) is 0 Å². The van der Waals surface area contributed by atoms with E-state index in [2.05, 4.69) is 0 Å². The molecule has 8 heteroatoms. The molecule has 1 heterocycles. The van der Waals surface area contributed by atoms with Crippen LogP contribution in [-0.2, 0) is 28.7 Å². The topological polar surface area (TPSA) is 93.2 Å². The first kappa shape index (κ1) is 20.9. The van der Waals surface area contributed by atoms with E-state index in [1.54, 1.807) is 41.5 Å². The van der Waals surface area contributed by atoms with Gasteiger partial charge in [0.1, 0.15) is 17.7 Å². The highest BCUT2D eigenvalue weighted by atomic mass is 16.6. The van der Waals surface area contributed by atoms with Crippen molar-refractivity contribution in [1.29, 1.82) is 0 Å². The van der Waals surface area contributed by atoms with E-state index in [4.69, 9.17) is 9.47 Å². The number of esters is 2. The maximum Gasteiger partial charge on any atom is 0.331 e. The molecule has 142 valence electrons. The predicted octanol–water partition coefficient (Wildman–Crippen LogP) is 1.42. The molecular formula is C17H28N2O6. The SMILES string of the molecule is CC(=O)N1C(C(=O)OC(C)(C)C)CCC(=O)N1CC(=O)OC(C)(C)C. The molecule has 2 amide bonds. The van der Waals surface area contributed by atoms with Gasteiger partial charge in [-0.15, -0.1) is 0 Å². The second kappa shape index (κ2) is 7.41. The van der Waals surface area contributed by atoms with Crippen molar-refractivity contribution in [1.82, 2.24) is 10.0 Å². The third-order valence-corrected chi connectivity index (χ3v) is 3.18. The molecule has 0 aliphatic carbocycles. The van der Waals surface area contributed by atoms with Gasteiger partial charge in [-0.1, -0.05) is 0 Å². The van der Waals surface area contributed by atoms with Crippen LogP contribution >= 0.6 is 0 Å². The summed E-state index contributed by atoms with van der Waals surface area (Å²) in [7, 11) is 0. The van der Waals surface area contributed by atoms with Crippen LogP contribution in [0.3, 0.4) is 0 Å². The molecule has 0 spiro atoms. The smallest absolute Gasteiger partial charge is 0.331 e. The number of ether oxygens (including phenoxy) is 2. The van der Waals surface area contributed by atoms with Gasteiger partial charge in [-0.25, -0.2) is 14.8 Å². The minimum absolute atomic E-state index is 0.0382. The quantitative estimate of drug-likeness (QED) is 0.710. The predicted molar refractivity (Wildman–Crippen MR) is 88.9 cm³/mol. The number of rotatable bonds is 3. The minimum atomic E-state index is -0.947. The van der Waals surface area contributed by atoms with Gasteiger partial charge in [0.25, 0.3) is 0 Å². The van der Waals surface area contributed by atoms with Gasteiger partial charge in [-0.2, -0.15) is 0 Å². The Morgan fingerprint density at radius 2 is 1.56 bits per heavy atom. The van der Waals surface area contributed by atoms with Gasteiger partial charge < -0.3 is 9.47 Å². The molecule has 1 saturated heterocycles. The van der Waals surface area contributed by atoms with E-state index in [0.717, 1.165) is 10.0 Å². The first-order valence-corrected chi connectivity index (χ1v) is 8.26. The third kappa shape index (κ3) is 6.36. The Kier molecular flexibility index (Phi) is 6.20. The summed E-state index contributed by atoms with van der Waals surface area (Å²) in [5.41, 5.74) is -1.45. The molecular weight excluding hydrogens is 328 g/mol. The Morgan fingerprint density at radius 1 is 1.04 bits per heavy atom. The van der Waals surface area contributed by atoms with E-state index >= 15 is 0 Å². The van der Waals surface area contributed by atoms with Crippen molar-refractivity contribution < 1.29 is 28.7 Å². The maximum absolute atomic E-state index is 12.4. The lowest BCUT2D eigenvalue weighted by molar-refractivity contribution is -0.193. The van der Waals surface area contributed by atoms with Gasteiger partial charge in [0.05, 0.1) is 0 Å². The van der Waals surface area contributed by atoms with Crippen LogP contribution in [-0.4, -0.2) is 57.6 Å². The van der Waals surface area contributed by atoms with Crippen LogP contribution < -0.4 is 0 Å². The van der Waals surface area contributed by atoms with Crippen LogP contribution in [0.5, 0.6) is 0 Å². The van der Waals surface area contributed by atoms with Crippen LogP contribution in [0.2, 0.25) is 0 Å². The molecule has 0 radical (unpaired) electrons. The molecule has 1 atom stereocenters. The van der Waals surface area contributed by atoms with Gasteiger partial charge in [-0.05, 0) is 48.0 Å². The maximum atomic E-state index is 12.4. The molecule has 0 N–H and O–H groups in total. The van der Waals surface area contributed by atoms with Crippen LogP contribution in [0.4, 0.5) is 0 Å². The molecule has 0 aromatic heterocycles. The van der Waals surface area contributed by atoms with Gasteiger partial charge in [0.15, 0.2) is 6.04 Å². The third-order valence-electron chi connectivity index (χ3n) is 3.18. The molecule has 25 heavy (non-hydrogen) atoms. The highest BCUT2D eigenvalue weighted by molar-refractivity contribution is 5.90. The number of nitrogens with zero attached hydrogens (tertiary/aromatic N) is 2. The average Bonchev–Trinajstić information content (AvgIpc) is 2.36. The van der Waals surface area contributed by atoms with E-state index in [0.29, 0.717) is 0 Å². The fraction of sp³-hybridized carbons (Fsp3) is 0.765. The first-order valence-electron chi connectivity index (χ1n) is 8.26. The standard InChI is InChI=1S/C17H28N2O6/c1-11(20)19-12(15(23)25-17(5,6)7)8-9-13(21)18(19)10-14(22)24-16(2,3)4/h12H,8-10H2,1-7H3. The zero-order valence-corrected chi connectivity index (χ0v) is 16.0. The normalized spacial score (nSPS) is 18.8. The van der Waals surface area contributed by atoms with Gasteiger partial charge in [0.2, 0.25) is 11.8 Å². The number of carbonyl (C=O) groups excluding carboxylic acids is 4. The lowest BCUT2D eigenvalue weighted by Crippen LogP contribution is -2.61. The summed E-state index contributed by atoms with van der Waals surface area (Å²) in [6, 6.07) is -0.947. The molecule has 1 aliphatic heterocycles. The van der Waals surface area contributed by atoms with Crippen molar-refractivity contribution in [2.75, 3.05) is 6.54 Å². The van der Waals surface area contributed by atoms with Crippen LogP contribution in [0.1, 0.15) is 61.3 Å².